The third kappa shape index (κ3) is 3.36. The number of benzene rings is 1. The topological polar surface area (TPSA) is 72.2 Å². The molecule has 0 saturated carbocycles. The number of thiophene rings is 1. The van der Waals surface area contributed by atoms with Gasteiger partial charge in [-0.15, -0.1) is 11.3 Å². The highest BCUT2D eigenvalue weighted by Crippen LogP contribution is 2.27. The van der Waals surface area contributed by atoms with Crippen LogP contribution in [0.5, 0.6) is 0 Å². The zero-order valence-electron chi connectivity index (χ0n) is 10.2. The fourth-order valence-corrected chi connectivity index (χ4v) is 4.23. The van der Waals surface area contributed by atoms with E-state index >= 15 is 0 Å². The Kier molecular flexibility index (Phi) is 4.29. The smallest absolute Gasteiger partial charge is 0.262 e. The maximum atomic E-state index is 12.2. The van der Waals surface area contributed by atoms with Crippen molar-refractivity contribution in [3.63, 3.8) is 0 Å². The summed E-state index contributed by atoms with van der Waals surface area (Å²) in [5.74, 6) is 0. The maximum Gasteiger partial charge on any atom is 0.262 e. The van der Waals surface area contributed by atoms with Gasteiger partial charge in [-0.2, -0.15) is 0 Å². The molecule has 2 rings (SSSR count). The van der Waals surface area contributed by atoms with Gasteiger partial charge >= 0.3 is 0 Å². The molecule has 19 heavy (non-hydrogen) atoms. The standard InChI is InChI=1S/C12H13BrN2O2S2/c1-8-2-3-11(13)12(4-8)15-19(16,17)10-5-9(6-14)18-7-10/h2-5,7,15H,6,14H2,1H3. The van der Waals surface area contributed by atoms with Crippen LogP contribution in [0.2, 0.25) is 0 Å². The minimum atomic E-state index is -3.57. The average molecular weight is 361 g/mol. The number of hydrogen-bond donors (Lipinski definition) is 2. The van der Waals surface area contributed by atoms with Crippen LogP contribution in [-0.4, -0.2) is 8.42 Å². The van der Waals surface area contributed by atoms with Crippen LogP contribution in [0.15, 0.2) is 39.0 Å². The average Bonchev–Trinajstić information content (AvgIpc) is 2.83. The zero-order valence-corrected chi connectivity index (χ0v) is 13.4. The predicted octanol–water partition coefficient (Wildman–Crippen LogP) is 3.08. The van der Waals surface area contributed by atoms with Crippen molar-refractivity contribution in [2.75, 3.05) is 4.72 Å². The molecule has 1 aromatic carbocycles. The Labute approximate surface area is 124 Å². The second-order valence-corrected chi connectivity index (χ2v) is 7.57. The van der Waals surface area contributed by atoms with Crippen LogP contribution in [-0.2, 0) is 16.6 Å². The molecule has 3 N–H and O–H groups in total. The summed E-state index contributed by atoms with van der Waals surface area (Å²) in [5.41, 5.74) is 7.00. The Hall–Kier alpha value is -0.890. The van der Waals surface area contributed by atoms with Crippen LogP contribution in [0.25, 0.3) is 0 Å². The minimum absolute atomic E-state index is 0.242. The first-order valence-electron chi connectivity index (χ1n) is 5.49. The van der Waals surface area contributed by atoms with Crippen LogP contribution in [0.3, 0.4) is 0 Å². The lowest BCUT2D eigenvalue weighted by atomic mass is 10.2. The van der Waals surface area contributed by atoms with Crippen LogP contribution in [0.4, 0.5) is 5.69 Å². The SMILES string of the molecule is Cc1ccc(Br)c(NS(=O)(=O)c2csc(CN)c2)c1. The van der Waals surface area contributed by atoms with Crippen molar-refractivity contribution in [3.8, 4) is 0 Å². The first kappa shape index (κ1) is 14.5. The van der Waals surface area contributed by atoms with Crippen LogP contribution in [0.1, 0.15) is 10.4 Å². The van der Waals surface area contributed by atoms with Gasteiger partial charge in [0.05, 0.1) is 10.6 Å². The molecule has 0 aliphatic rings. The molecule has 0 atom stereocenters. The highest BCUT2D eigenvalue weighted by atomic mass is 79.9. The largest absolute Gasteiger partial charge is 0.326 e. The molecule has 0 radical (unpaired) electrons. The first-order valence-corrected chi connectivity index (χ1v) is 8.64. The summed E-state index contributed by atoms with van der Waals surface area (Å²) < 4.78 is 27.7. The fraction of sp³-hybridized carbons (Fsp3) is 0.167. The molecule has 1 aromatic heterocycles. The highest BCUT2D eigenvalue weighted by Gasteiger charge is 2.17. The minimum Gasteiger partial charge on any atom is -0.326 e. The maximum absolute atomic E-state index is 12.2. The van der Waals surface area contributed by atoms with Crippen LogP contribution >= 0.6 is 27.3 Å². The molecule has 0 saturated heterocycles. The number of nitrogens with two attached hydrogens (primary N) is 1. The van der Waals surface area contributed by atoms with Crippen molar-refractivity contribution in [1.82, 2.24) is 0 Å². The van der Waals surface area contributed by atoms with E-state index in [1.54, 1.807) is 17.5 Å². The monoisotopic (exact) mass is 360 g/mol. The van der Waals surface area contributed by atoms with Gasteiger partial charge in [0.2, 0.25) is 0 Å². The number of nitrogens with one attached hydrogen (secondary N) is 1. The summed E-state index contributed by atoms with van der Waals surface area (Å²) >= 11 is 4.67. The summed E-state index contributed by atoms with van der Waals surface area (Å²) in [4.78, 5) is 1.08. The van der Waals surface area contributed by atoms with Gasteiger partial charge in [0.1, 0.15) is 0 Å². The van der Waals surface area contributed by atoms with Crippen molar-refractivity contribution < 1.29 is 8.42 Å². The molecular formula is C12H13BrN2O2S2. The molecule has 0 fully saturated rings. The Morgan fingerprint density at radius 3 is 2.74 bits per heavy atom. The molecule has 2 aromatic rings. The molecule has 1 heterocycles. The third-order valence-electron chi connectivity index (χ3n) is 2.51. The van der Waals surface area contributed by atoms with Gasteiger partial charge in [-0.3, -0.25) is 4.72 Å². The molecule has 0 amide bonds. The van der Waals surface area contributed by atoms with Crippen LogP contribution in [0, 0.1) is 6.92 Å². The predicted molar refractivity (Wildman–Crippen MR) is 81.9 cm³/mol. The van der Waals surface area contributed by atoms with Gasteiger partial charge in [-0.05, 0) is 46.6 Å². The van der Waals surface area contributed by atoms with Crippen molar-refractivity contribution in [1.29, 1.82) is 0 Å². The summed E-state index contributed by atoms with van der Waals surface area (Å²) in [5, 5.41) is 1.59. The number of halogens is 1. The van der Waals surface area contributed by atoms with E-state index in [9.17, 15) is 8.42 Å². The highest BCUT2D eigenvalue weighted by molar-refractivity contribution is 9.10. The van der Waals surface area contributed by atoms with Crippen LogP contribution < -0.4 is 10.5 Å². The van der Waals surface area contributed by atoms with E-state index in [1.165, 1.54) is 11.3 Å². The molecule has 0 unspecified atom stereocenters. The summed E-state index contributed by atoms with van der Waals surface area (Å²) in [6.45, 7) is 2.25. The number of aryl methyl sites for hydroxylation is 1. The molecule has 0 bridgehead atoms. The Morgan fingerprint density at radius 1 is 1.37 bits per heavy atom. The molecule has 4 nitrogen and oxygen atoms in total. The third-order valence-corrected chi connectivity index (χ3v) is 5.65. The molecule has 0 aliphatic carbocycles. The normalized spacial score (nSPS) is 11.5. The number of sulfonamides is 1. The lowest BCUT2D eigenvalue weighted by Gasteiger charge is -2.09. The number of anilines is 1. The van der Waals surface area contributed by atoms with Gasteiger partial charge in [-0.25, -0.2) is 8.42 Å². The van der Waals surface area contributed by atoms with Gasteiger partial charge < -0.3 is 5.73 Å². The van der Waals surface area contributed by atoms with Crippen molar-refractivity contribution in [2.24, 2.45) is 5.73 Å². The van der Waals surface area contributed by atoms with Crippen molar-refractivity contribution >= 4 is 43.0 Å². The Morgan fingerprint density at radius 2 is 2.11 bits per heavy atom. The zero-order chi connectivity index (χ0) is 14.0. The summed E-state index contributed by atoms with van der Waals surface area (Å²) in [6.07, 6.45) is 0. The van der Waals surface area contributed by atoms with Crippen molar-refractivity contribution in [3.05, 3.63) is 44.6 Å². The van der Waals surface area contributed by atoms with E-state index in [4.69, 9.17) is 5.73 Å². The van der Waals surface area contributed by atoms with E-state index in [2.05, 4.69) is 20.7 Å². The lowest BCUT2D eigenvalue weighted by Crippen LogP contribution is -2.12. The number of hydrogen-bond acceptors (Lipinski definition) is 4. The molecular weight excluding hydrogens is 348 g/mol. The van der Waals surface area contributed by atoms with E-state index < -0.39 is 10.0 Å². The summed E-state index contributed by atoms with van der Waals surface area (Å²) in [6, 6.07) is 7.08. The number of rotatable bonds is 4. The van der Waals surface area contributed by atoms with E-state index in [0.29, 0.717) is 16.7 Å². The first-order chi connectivity index (χ1) is 8.92. The molecule has 7 heteroatoms. The second kappa shape index (κ2) is 5.62. The van der Waals surface area contributed by atoms with Crippen molar-refractivity contribution in [2.45, 2.75) is 18.4 Å². The molecule has 0 spiro atoms. The van der Waals surface area contributed by atoms with Gasteiger partial charge in [0.15, 0.2) is 0 Å². The Balaban J connectivity index is 2.33. The summed E-state index contributed by atoms with van der Waals surface area (Å²) in [7, 11) is -3.57. The van der Waals surface area contributed by atoms with E-state index in [1.807, 2.05) is 19.1 Å². The van der Waals surface area contributed by atoms with E-state index in [-0.39, 0.29) is 4.90 Å². The Bertz CT molecular complexity index is 696. The fourth-order valence-electron chi connectivity index (χ4n) is 1.53. The van der Waals surface area contributed by atoms with Gasteiger partial charge in [-0.1, -0.05) is 6.07 Å². The lowest BCUT2D eigenvalue weighted by molar-refractivity contribution is 0.601. The quantitative estimate of drug-likeness (QED) is 0.879. The van der Waals surface area contributed by atoms with Gasteiger partial charge in [0, 0.05) is 21.3 Å². The van der Waals surface area contributed by atoms with E-state index in [0.717, 1.165) is 10.4 Å². The molecule has 102 valence electrons. The molecule has 0 aliphatic heterocycles. The van der Waals surface area contributed by atoms with Gasteiger partial charge in [0.25, 0.3) is 10.0 Å². The second-order valence-electron chi connectivity index (χ2n) is 4.04.